The van der Waals surface area contributed by atoms with Gasteiger partial charge in [0.05, 0.1) is 19.8 Å². The predicted octanol–water partition coefficient (Wildman–Crippen LogP) is 2.89. The fourth-order valence-electron chi connectivity index (χ4n) is 2.57. The van der Waals surface area contributed by atoms with E-state index in [1.807, 2.05) is 32.0 Å². The molecule has 0 radical (unpaired) electrons. The minimum absolute atomic E-state index is 0.105. The monoisotopic (exact) mass is 279 g/mol. The van der Waals surface area contributed by atoms with E-state index in [0.29, 0.717) is 6.61 Å². The van der Waals surface area contributed by atoms with Crippen molar-refractivity contribution in [3.05, 3.63) is 29.8 Å². The lowest BCUT2D eigenvalue weighted by molar-refractivity contribution is -0.137. The van der Waals surface area contributed by atoms with Crippen molar-refractivity contribution in [1.29, 1.82) is 0 Å². The van der Waals surface area contributed by atoms with Crippen LogP contribution in [0.4, 0.5) is 0 Å². The fourth-order valence-corrected chi connectivity index (χ4v) is 2.57. The Morgan fingerprint density at radius 2 is 2.15 bits per heavy atom. The van der Waals surface area contributed by atoms with E-state index >= 15 is 0 Å². The normalized spacial score (nSPS) is 22.7. The molecule has 4 nitrogen and oxygen atoms in total. The molecule has 1 aliphatic rings. The molecule has 1 saturated heterocycles. The van der Waals surface area contributed by atoms with Crippen LogP contribution in [0, 0.1) is 0 Å². The first-order chi connectivity index (χ1) is 9.55. The van der Waals surface area contributed by atoms with Gasteiger partial charge in [-0.25, -0.2) is 0 Å². The number of nitrogens with one attached hydrogen (secondary N) is 1. The average molecular weight is 279 g/mol. The summed E-state index contributed by atoms with van der Waals surface area (Å²) in [5, 5.41) is 3.56. The van der Waals surface area contributed by atoms with Crippen molar-refractivity contribution >= 4 is 0 Å². The summed E-state index contributed by atoms with van der Waals surface area (Å²) in [6.45, 7) is 7.48. The van der Waals surface area contributed by atoms with E-state index in [1.165, 1.54) is 5.56 Å². The van der Waals surface area contributed by atoms with Gasteiger partial charge in [-0.15, -0.1) is 0 Å². The van der Waals surface area contributed by atoms with Gasteiger partial charge >= 0.3 is 0 Å². The van der Waals surface area contributed by atoms with Crippen LogP contribution < -0.4 is 10.1 Å². The van der Waals surface area contributed by atoms with Crippen molar-refractivity contribution in [2.45, 2.75) is 45.1 Å². The van der Waals surface area contributed by atoms with Crippen LogP contribution in [-0.4, -0.2) is 32.2 Å². The number of para-hydroxylation sites is 1. The Kier molecular flexibility index (Phi) is 5.02. The van der Waals surface area contributed by atoms with Crippen LogP contribution in [0.3, 0.4) is 0 Å². The first-order valence-corrected chi connectivity index (χ1v) is 7.24. The second-order valence-electron chi connectivity index (χ2n) is 5.56. The van der Waals surface area contributed by atoms with E-state index in [4.69, 9.17) is 14.2 Å². The summed E-state index contributed by atoms with van der Waals surface area (Å²) in [5.74, 6) is 0.467. The summed E-state index contributed by atoms with van der Waals surface area (Å²) < 4.78 is 16.8. The zero-order valence-corrected chi connectivity index (χ0v) is 12.8. The van der Waals surface area contributed by atoms with E-state index in [2.05, 4.69) is 18.3 Å². The second kappa shape index (κ2) is 6.57. The van der Waals surface area contributed by atoms with Crippen LogP contribution in [0.1, 0.15) is 38.8 Å². The molecule has 1 heterocycles. The summed E-state index contributed by atoms with van der Waals surface area (Å²) in [4.78, 5) is 0. The van der Waals surface area contributed by atoms with Gasteiger partial charge in [0.25, 0.3) is 0 Å². The van der Waals surface area contributed by atoms with Crippen molar-refractivity contribution in [2.24, 2.45) is 0 Å². The third kappa shape index (κ3) is 3.72. The minimum atomic E-state index is -0.460. The van der Waals surface area contributed by atoms with Gasteiger partial charge in [-0.05, 0) is 26.3 Å². The van der Waals surface area contributed by atoms with Crippen molar-refractivity contribution < 1.29 is 14.2 Å². The Morgan fingerprint density at radius 3 is 2.75 bits per heavy atom. The topological polar surface area (TPSA) is 39.7 Å². The Bertz CT molecular complexity index is 433. The Labute approximate surface area is 121 Å². The Morgan fingerprint density at radius 1 is 1.40 bits per heavy atom. The highest BCUT2D eigenvalue weighted by Crippen LogP contribution is 2.27. The van der Waals surface area contributed by atoms with Gasteiger partial charge < -0.3 is 19.5 Å². The highest BCUT2D eigenvalue weighted by Gasteiger charge is 2.32. The lowest BCUT2D eigenvalue weighted by atomic mass is 10.0. The van der Waals surface area contributed by atoms with Gasteiger partial charge in [0.2, 0.25) is 0 Å². The number of benzene rings is 1. The quantitative estimate of drug-likeness (QED) is 0.869. The molecule has 1 aromatic carbocycles. The zero-order chi connectivity index (χ0) is 14.6. The maximum Gasteiger partial charge on any atom is 0.163 e. The number of rotatable bonds is 6. The van der Waals surface area contributed by atoms with Crippen LogP contribution in [0.15, 0.2) is 24.3 Å². The maximum atomic E-state index is 5.82. The van der Waals surface area contributed by atoms with Crippen molar-refractivity contribution in [3.63, 3.8) is 0 Å². The van der Waals surface area contributed by atoms with E-state index in [0.717, 1.165) is 18.7 Å². The molecule has 1 fully saturated rings. The molecule has 2 rings (SSSR count). The molecule has 112 valence electrons. The molecule has 1 aliphatic heterocycles. The summed E-state index contributed by atoms with van der Waals surface area (Å²) in [7, 11) is 1.71. The van der Waals surface area contributed by atoms with Gasteiger partial charge in [-0.1, -0.05) is 25.1 Å². The van der Waals surface area contributed by atoms with Crippen LogP contribution in [0.5, 0.6) is 5.75 Å². The lowest BCUT2D eigenvalue weighted by Gasteiger charge is -2.22. The number of hydrogen-bond donors (Lipinski definition) is 1. The molecule has 4 heteroatoms. The van der Waals surface area contributed by atoms with Crippen LogP contribution >= 0.6 is 0 Å². The highest BCUT2D eigenvalue weighted by molar-refractivity contribution is 5.35. The van der Waals surface area contributed by atoms with Gasteiger partial charge in [-0.3, -0.25) is 0 Å². The number of ether oxygens (including phenoxy) is 3. The molecule has 0 saturated carbocycles. The van der Waals surface area contributed by atoms with Gasteiger partial charge in [-0.2, -0.15) is 0 Å². The second-order valence-corrected chi connectivity index (χ2v) is 5.56. The highest BCUT2D eigenvalue weighted by atomic mass is 16.7. The summed E-state index contributed by atoms with van der Waals surface area (Å²) in [5.41, 5.74) is 1.19. The van der Waals surface area contributed by atoms with Crippen LogP contribution in [-0.2, 0) is 9.47 Å². The van der Waals surface area contributed by atoms with Gasteiger partial charge in [0.1, 0.15) is 5.75 Å². The Hall–Kier alpha value is -1.10. The molecular formula is C16H25NO3. The summed E-state index contributed by atoms with van der Waals surface area (Å²) in [6.07, 6.45) is 1.10. The SMILES string of the molecule is CCC(NCC1COC(C)(C)O1)c1ccccc1OC. The minimum Gasteiger partial charge on any atom is -0.496 e. The Balaban J connectivity index is 1.96. The third-order valence-corrected chi connectivity index (χ3v) is 3.58. The smallest absolute Gasteiger partial charge is 0.163 e. The van der Waals surface area contributed by atoms with Crippen molar-refractivity contribution in [1.82, 2.24) is 5.32 Å². The number of hydrogen-bond acceptors (Lipinski definition) is 4. The molecule has 1 N–H and O–H groups in total. The van der Waals surface area contributed by atoms with Crippen molar-refractivity contribution in [3.8, 4) is 5.75 Å². The molecule has 2 unspecified atom stereocenters. The molecule has 0 aromatic heterocycles. The maximum absolute atomic E-state index is 5.82. The fraction of sp³-hybridized carbons (Fsp3) is 0.625. The summed E-state index contributed by atoms with van der Waals surface area (Å²) in [6, 6.07) is 8.40. The molecule has 0 bridgehead atoms. The van der Waals surface area contributed by atoms with E-state index in [1.54, 1.807) is 7.11 Å². The van der Waals surface area contributed by atoms with Crippen molar-refractivity contribution in [2.75, 3.05) is 20.3 Å². The average Bonchev–Trinajstić information content (AvgIpc) is 2.79. The molecule has 1 aromatic rings. The molecule has 0 amide bonds. The summed E-state index contributed by atoms with van der Waals surface area (Å²) >= 11 is 0. The first kappa shape index (κ1) is 15.3. The van der Waals surface area contributed by atoms with E-state index in [-0.39, 0.29) is 12.1 Å². The van der Waals surface area contributed by atoms with Gasteiger partial charge in [0, 0.05) is 18.2 Å². The predicted molar refractivity (Wildman–Crippen MR) is 78.9 cm³/mol. The number of methoxy groups -OCH3 is 1. The van der Waals surface area contributed by atoms with Crippen LogP contribution in [0.2, 0.25) is 0 Å². The van der Waals surface area contributed by atoms with Crippen LogP contribution in [0.25, 0.3) is 0 Å². The van der Waals surface area contributed by atoms with E-state index in [9.17, 15) is 0 Å². The van der Waals surface area contributed by atoms with E-state index < -0.39 is 5.79 Å². The molecule has 20 heavy (non-hydrogen) atoms. The molecule has 0 spiro atoms. The molecule has 2 atom stereocenters. The zero-order valence-electron chi connectivity index (χ0n) is 12.8. The van der Waals surface area contributed by atoms with Gasteiger partial charge in [0.15, 0.2) is 5.79 Å². The third-order valence-electron chi connectivity index (χ3n) is 3.58. The first-order valence-electron chi connectivity index (χ1n) is 7.24. The molecular weight excluding hydrogens is 254 g/mol. The lowest BCUT2D eigenvalue weighted by Crippen LogP contribution is -2.33. The molecule has 0 aliphatic carbocycles. The largest absolute Gasteiger partial charge is 0.496 e. The standard InChI is InChI=1S/C16H25NO3/c1-5-14(13-8-6-7-9-15(13)18-4)17-10-12-11-19-16(2,3)20-12/h6-9,12,14,17H,5,10-11H2,1-4H3.